The van der Waals surface area contributed by atoms with E-state index in [1.165, 1.54) is 186 Å². The Bertz CT molecular complexity index is 637. The molecule has 0 aromatic rings. The monoisotopic (exact) mass is 664 g/mol. The van der Waals surface area contributed by atoms with E-state index >= 15 is 0 Å². The van der Waals surface area contributed by atoms with Crippen LogP contribution in [0.4, 0.5) is 0 Å². The van der Waals surface area contributed by atoms with Crippen molar-refractivity contribution >= 4 is 5.91 Å². The van der Waals surface area contributed by atoms with E-state index in [4.69, 9.17) is 0 Å². The van der Waals surface area contributed by atoms with Crippen LogP contribution < -0.4 is 5.32 Å². The molecule has 0 aromatic heterocycles. The Morgan fingerprint density at radius 2 is 0.809 bits per heavy atom. The lowest BCUT2D eigenvalue weighted by Gasteiger charge is -2.22. The van der Waals surface area contributed by atoms with Crippen molar-refractivity contribution in [2.24, 2.45) is 0 Å². The van der Waals surface area contributed by atoms with Gasteiger partial charge in [0.15, 0.2) is 0 Å². The van der Waals surface area contributed by atoms with E-state index in [1.807, 2.05) is 0 Å². The standard InChI is InChI=1S/C43H85NO3/c1-3-5-7-9-11-13-15-17-19-20-21-22-23-25-26-28-30-32-34-36-38-42(46)41(40-45)44-43(47)39-37-35-33-31-29-27-24-18-16-14-12-10-8-6-4-2/h18,24,41-42,45-46H,3-17,19-23,25-40H2,1-2H3,(H,44,47)/b24-18-. The van der Waals surface area contributed by atoms with Crippen LogP contribution in [0, 0.1) is 0 Å². The number of hydrogen-bond acceptors (Lipinski definition) is 3. The minimum atomic E-state index is -0.659. The van der Waals surface area contributed by atoms with Gasteiger partial charge in [0.25, 0.3) is 0 Å². The van der Waals surface area contributed by atoms with Crippen LogP contribution in [0.3, 0.4) is 0 Å². The lowest BCUT2D eigenvalue weighted by atomic mass is 10.0. The number of nitrogens with one attached hydrogen (secondary N) is 1. The molecule has 0 bridgehead atoms. The number of allylic oxidation sites excluding steroid dienone is 2. The van der Waals surface area contributed by atoms with Crippen molar-refractivity contribution in [3.8, 4) is 0 Å². The third-order valence-corrected chi connectivity index (χ3v) is 10.0. The second kappa shape index (κ2) is 39.6. The van der Waals surface area contributed by atoms with Crippen LogP contribution in [0.5, 0.6) is 0 Å². The van der Waals surface area contributed by atoms with E-state index in [-0.39, 0.29) is 12.5 Å². The molecule has 0 heterocycles. The number of rotatable bonds is 39. The van der Waals surface area contributed by atoms with Crippen LogP contribution in [0.25, 0.3) is 0 Å². The van der Waals surface area contributed by atoms with Crippen molar-refractivity contribution in [3.63, 3.8) is 0 Å². The second-order valence-electron chi connectivity index (χ2n) is 14.8. The predicted molar refractivity (Wildman–Crippen MR) is 207 cm³/mol. The van der Waals surface area contributed by atoms with E-state index in [1.54, 1.807) is 0 Å². The summed E-state index contributed by atoms with van der Waals surface area (Å²) in [6.07, 6.45) is 48.5. The first-order chi connectivity index (χ1) is 23.2. The summed E-state index contributed by atoms with van der Waals surface area (Å²) >= 11 is 0. The van der Waals surface area contributed by atoms with Gasteiger partial charge in [-0.3, -0.25) is 4.79 Å². The molecule has 0 fully saturated rings. The van der Waals surface area contributed by atoms with Crippen LogP contribution in [0.1, 0.15) is 239 Å². The van der Waals surface area contributed by atoms with Gasteiger partial charge in [-0.2, -0.15) is 0 Å². The van der Waals surface area contributed by atoms with Gasteiger partial charge in [0, 0.05) is 6.42 Å². The highest BCUT2D eigenvalue weighted by atomic mass is 16.3. The van der Waals surface area contributed by atoms with Gasteiger partial charge in [-0.15, -0.1) is 0 Å². The Morgan fingerprint density at radius 3 is 1.17 bits per heavy atom. The van der Waals surface area contributed by atoms with E-state index in [9.17, 15) is 15.0 Å². The Morgan fingerprint density at radius 1 is 0.489 bits per heavy atom. The highest BCUT2D eigenvalue weighted by Gasteiger charge is 2.19. The Hall–Kier alpha value is -0.870. The maximum absolute atomic E-state index is 12.4. The van der Waals surface area contributed by atoms with Crippen molar-refractivity contribution in [1.82, 2.24) is 5.32 Å². The lowest BCUT2D eigenvalue weighted by molar-refractivity contribution is -0.123. The Labute approximate surface area is 295 Å². The summed E-state index contributed by atoms with van der Waals surface area (Å²) in [5, 5.41) is 23.1. The van der Waals surface area contributed by atoms with Crippen molar-refractivity contribution in [3.05, 3.63) is 12.2 Å². The van der Waals surface area contributed by atoms with E-state index in [0.717, 1.165) is 25.7 Å². The SMILES string of the molecule is CCCCCCCC/C=C\CCCCCCCC(=O)NC(CO)C(O)CCCCCCCCCCCCCCCCCCCCCC. The molecule has 0 aliphatic carbocycles. The molecule has 0 rings (SSSR count). The normalized spacial score (nSPS) is 13.0. The first-order valence-corrected chi connectivity index (χ1v) is 21.4. The van der Waals surface area contributed by atoms with Crippen LogP contribution in [0.15, 0.2) is 12.2 Å². The molecule has 47 heavy (non-hydrogen) atoms. The van der Waals surface area contributed by atoms with Gasteiger partial charge in [-0.25, -0.2) is 0 Å². The third kappa shape index (κ3) is 36.2. The van der Waals surface area contributed by atoms with Gasteiger partial charge in [0.2, 0.25) is 5.91 Å². The maximum atomic E-state index is 12.4. The average molecular weight is 664 g/mol. The van der Waals surface area contributed by atoms with E-state index < -0.39 is 12.1 Å². The van der Waals surface area contributed by atoms with Gasteiger partial charge < -0.3 is 15.5 Å². The summed E-state index contributed by atoms with van der Waals surface area (Å²) in [4.78, 5) is 12.4. The zero-order valence-corrected chi connectivity index (χ0v) is 32.1. The van der Waals surface area contributed by atoms with Crippen LogP contribution in [-0.4, -0.2) is 34.9 Å². The van der Waals surface area contributed by atoms with Crippen LogP contribution in [-0.2, 0) is 4.79 Å². The third-order valence-electron chi connectivity index (χ3n) is 10.0. The lowest BCUT2D eigenvalue weighted by Crippen LogP contribution is -2.45. The number of aliphatic hydroxyl groups is 2. The summed E-state index contributed by atoms with van der Waals surface area (Å²) in [5.74, 6) is -0.0378. The summed E-state index contributed by atoms with van der Waals surface area (Å²) < 4.78 is 0. The number of aliphatic hydroxyl groups excluding tert-OH is 2. The van der Waals surface area contributed by atoms with Crippen LogP contribution >= 0.6 is 0 Å². The molecule has 4 heteroatoms. The molecule has 4 nitrogen and oxygen atoms in total. The van der Waals surface area contributed by atoms with Crippen molar-refractivity contribution < 1.29 is 15.0 Å². The second-order valence-corrected chi connectivity index (χ2v) is 14.8. The van der Waals surface area contributed by atoms with Gasteiger partial charge in [-0.1, -0.05) is 206 Å². The molecule has 0 aliphatic heterocycles. The van der Waals surface area contributed by atoms with E-state index in [0.29, 0.717) is 12.8 Å². The van der Waals surface area contributed by atoms with Gasteiger partial charge in [-0.05, 0) is 38.5 Å². The molecule has 0 saturated heterocycles. The number of hydrogen-bond donors (Lipinski definition) is 3. The van der Waals surface area contributed by atoms with E-state index in [2.05, 4.69) is 31.3 Å². The first-order valence-electron chi connectivity index (χ1n) is 21.4. The average Bonchev–Trinajstić information content (AvgIpc) is 3.07. The fourth-order valence-corrected chi connectivity index (χ4v) is 6.71. The topological polar surface area (TPSA) is 69.6 Å². The fraction of sp³-hybridized carbons (Fsp3) is 0.930. The van der Waals surface area contributed by atoms with Crippen molar-refractivity contribution in [2.45, 2.75) is 251 Å². The quantitative estimate of drug-likeness (QED) is 0.0453. The molecule has 2 atom stereocenters. The number of unbranched alkanes of at least 4 members (excludes halogenated alkanes) is 30. The molecule has 0 saturated carbocycles. The molecule has 280 valence electrons. The van der Waals surface area contributed by atoms with Gasteiger partial charge in [0.1, 0.15) is 0 Å². The smallest absolute Gasteiger partial charge is 0.220 e. The van der Waals surface area contributed by atoms with Gasteiger partial charge >= 0.3 is 0 Å². The molecule has 0 aromatic carbocycles. The molecule has 2 unspecified atom stereocenters. The van der Waals surface area contributed by atoms with Crippen molar-refractivity contribution in [2.75, 3.05) is 6.61 Å². The summed E-state index contributed by atoms with van der Waals surface area (Å²) in [6, 6.07) is -0.536. The molecule has 1 amide bonds. The number of carbonyl (C=O) groups excluding carboxylic acids is 1. The van der Waals surface area contributed by atoms with Gasteiger partial charge in [0.05, 0.1) is 18.8 Å². The highest BCUT2D eigenvalue weighted by molar-refractivity contribution is 5.76. The van der Waals surface area contributed by atoms with Crippen LogP contribution in [0.2, 0.25) is 0 Å². The predicted octanol–water partition coefficient (Wildman–Crippen LogP) is 13.1. The first kappa shape index (κ1) is 46.1. The summed E-state index contributed by atoms with van der Waals surface area (Å²) in [7, 11) is 0. The number of amides is 1. The zero-order valence-electron chi connectivity index (χ0n) is 32.1. The summed E-state index contributed by atoms with van der Waals surface area (Å²) in [6.45, 7) is 4.36. The Kier molecular flexibility index (Phi) is 38.8. The molecular formula is C43H85NO3. The minimum Gasteiger partial charge on any atom is -0.394 e. The molecular weight excluding hydrogens is 578 g/mol. The maximum Gasteiger partial charge on any atom is 0.220 e. The zero-order chi connectivity index (χ0) is 34.3. The Balaban J connectivity index is 3.50. The summed E-state index contributed by atoms with van der Waals surface area (Å²) in [5.41, 5.74) is 0. The highest BCUT2D eigenvalue weighted by Crippen LogP contribution is 2.16. The van der Waals surface area contributed by atoms with Crippen molar-refractivity contribution in [1.29, 1.82) is 0 Å². The fourth-order valence-electron chi connectivity index (χ4n) is 6.71. The number of carbonyl (C=O) groups is 1. The largest absolute Gasteiger partial charge is 0.394 e. The molecule has 0 aliphatic rings. The molecule has 0 radical (unpaired) electrons. The molecule has 3 N–H and O–H groups in total. The minimum absolute atomic E-state index is 0.0378. The molecule has 0 spiro atoms.